The predicted molar refractivity (Wildman–Crippen MR) is 151 cm³/mol. The number of methoxy groups -OCH3 is 1. The SMILES string of the molecule is COc1ccccc1NC(=O)c1c(NC(=O)C(N)Cc2ccccc2)cccc1S(=O)(=O)c1ccc(C)cc1. The fourth-order valence-corrected chi connectivity index (χ4v) is 5.53. The monoisotopic (exact) mass is 543 g/mol. The van der Waals surface area contributed by atoms with Gasteiger partial charge in [0, 0.05) is 0 Å². The molecule has 9 heteroatoms. The second-order valence-corrected chi connectivity index (χ2v) is 10.9. The third-order valence-corrected chi connectivity index (χ3v) is 7.93. The molecular formula is C30H29N3O5S. The van der Waals surface area contributed by atoms with E-state index in [0.29, 0.717) is 11.4 Å². The van der Waals surface area contributed by atoms with Crippen LogP contribution in [-0.2, 0) is 21.1 Å². The highest BCUT2D eigenvalue weighted by Crippen LogP contribution is 2.32. The summed E-state index contributed by atoms with van der Waals surface area (Å²) in [5, 5.41) is 5.40. The van der Waals surface area contributed by atoms with Gasteiger partial charge in [0.1, 0.15) is 5.75 Å². The maximum atomic E-state index is 13.7. The summed E-state index contributed by atoms with van der Waals surface area (Å²) in [6.07, 6.45) is 0.261. The number of para-hydroxylation sites is 2. The molecule has 0 spiro atoms. The number of rotatable bonds is 9. The lowest BCUT2D eigenvalue weighted by atomic mass is 10.1. The average Bonchev–Trinajstić information content (AvgIpc) is 2.94. The Bertz CT molecular complexity index is 1590. The van der Waals surface area contributed by atoms with Crippen LogP contribution in [0.4, 0.5) is 11.4 Å². The first kappa shape index (κ1) is 27.6. The van der Waals surface area contributed by atoms with E-state index in [1.165, 1.54) is 37.4 Å². The molecule has 0 aliphatic heterocycles. The zero-order valence-corrected chi connectivity index (χ0v) is 22.4. The topological polar surface area (TPSA) is 128 Å². The highest BCUT2D eigenvalue weighted by atomic mass is 32.2. The zero-order valence-electron chi connectivity index (χ0n) is 21.5. The van der Waals surface area contributed by atoms with Gasteiger partial charge in [0.25, 0.3) is 5.91 Å². The van der Waals surface area contributed by atoms with Crippen LogP contribution in [0.3, 0.4) is 0 Å². The van der Waals surface area contributed by atoms with Crippen LogP contribution in [0.2, 0.25) is 0 Å². The van der Waals surface area contributed by atoms with Gasteiger partial charge in [0.15, 0.2) is 0 Å². The third-order valence-electron chi connectivity index (χ3n) is 6.12. The van der Waals surface area contributed by atoms with Crippen molar-refractivity contribution in [2.24, 2.45) is 5.73 Å². The number of hydrogen-bond donors (Lipinski definition) is 3. The van der Waals surface area contributed by atoms with Gasteiger partial charge in [-0.2, -0.15) is 0 Å². The van der Waals surface area contributed by atoms with E-state index in [2.05, 4.69) is 10.6 Å². The van der Waals surface area contributed by atoms with Gasteiger partial charge in [0.05, 0.1) is 39.9 Å². The first-order valence-electron chi connectivity index (χ1n) is 12.2. The van der Waals surface area contributed by atoms with E-state index in [-0.39, 0.29) is 27.5 Å². The number of benzene rings is 4. The summed E-state index contributed by atoms with van der Waals surface area (Å²) in [4.78, 5) is 26.5. The minimum Gasteiger partial charge on any atom is -0.495 e. The minimum absolute atomic E-state index is 0.0173. The van der Waals surface area contributed by atoms with E-state index >= 15 is 0 Å². The van der Waals surface area contributed by atoms with Crippen molar-refractivity contribution < 1.29 is 22.7 Å². The molecule has 0 bridgehead atoms. The summed E-state index contributed by atoms with van der Waals surface area (Å²) >= 11 is 0. The number of nitrogens with one attached hydrogen (secondary N) is 2. The van der Waals surface area contributed by atoms with Gasteiger partial charge in [-0.25, -0.2) is 8.42 Å². The number of carbonyl (C=O) groups excluding carboxylic acids is 2. The summed E-state index contributed by atoms with van der Waals surface area (Å²) < 4.78 is 32.8. The Morgan fingerprint density at radius 3 is 2.15 bits per heavy atom. The van der Waals surface area contributed by atoms with Crippen molar-refractivity contribution >= 4 is 33.0 Å². The van der Waals surface area contributed by atoms with Crippen LogP contribution < -0.4 is 21.1 Å². The van der Waals surface area contributed by atoms with Gasteiger partial charge in [-0.1, -0.05) is 66.2 Å². The summed E-state index contributed by atoms with van der Waals surface area (Å²) in [5.41, 5.74) is 8.06. The molecule has 1 unspecified atom stereocenters. The molecular weight excluding hydrogens is 514 g/mol. The van der Waals surface area contributed by atoms with Crippen molar-refractivity contribution in [1.29, 1.82) is 0 Å². The van der Waals surface area contributed by atoms with Crippen molar-refractivity contribution in [2.75, 3.05) is 17.7 Å². The van der Waals surface area contributed by atoms with E-state index in [9.17, 15) is 18.0 Å². The lowest BCUT2D eigenvalue weighted by Gasteiger charge is -2.18. The van der Waals surface area contributed by atoms with Gasteiger partial charge < -0.3 is 21.1 Å². The molecule has 0 saturated carbocycles. The van der Waals surface area contributed by atoms with Crippen molar-refractivity contribution in [3.8, 4) is 5.75 Å². The van der Waals surface area contributed by atoms with E-state index in [1.807, 2.05) is 37.3 Å². The maximum absolute atomic E-state index is 13.7. The Morgan fingerprint density at radius 2 is 1.46 bits per heavy atom. The normalized spacial score (nSPS) is 11.9. The van der Waals surface area contributed by atoms with E-state index in [0.717, 1.165) is 11.1 Å². The van der Waals surface area contributed by atoms with Crippen LogP contribution in [0.1, 0.15) is 21.5 Å². The molecule has 4 aromatic rings. The maximum Gasteiger partial charge on any atom is 0.259 e. The standard InChI is InChI=1S/C30H29N3O5S/c1-20-15-17-22(18-16-20)39(36,37)27-14-8-12-25(33-29(34)23(31)19-21-9-4-3-5-10-21)28(27)30(35)32-24-11-6-7-13-26(24)38-2/h3-18,23H,19,31H2,1-2H3,(H,32,35)(H,33,34). The fourth-order valence-electron chi connectivity index (χ4n) is 4.06. The van der Waals surface area contributed by atoms with E-state index < -0.39 is 27.7 Å². The van der Waals surface area contributed by atoms with Gasteiger partial charge >= 0.3 is 0 Å². The van der Waals surface area contributed by atoms with Crippen molar-refractivity contribution in [1.82, 2.24) is 0 Å². The lowest BCUT2D eigenvalue weighted by molar-refractivity contribution is -0.117. The number of hydrogen-bond acceptors (Lipinski definition) is 6. The van der Waals surface area contributed by atoms with Crippen LogP contribution in [0.15, 0.2) is 107 Å². The lowest BCUT2D eigenvalue weighted by Crippen LogP contribution is -2.38. The molecule has 0 saturated heterocycles. The molecule has 0 aliphatic carbocycles. The van der Waals surface area contributed by atoms with Gasteiger partial charge in [-0.15, -0.1) is 0 Å². The van der Waals surface area contributed by atoms with Crippen LogP contribution in [-0.4, -0.2) is 33.4 Å². The Hall–Kier alpha value is -4.47. The molecule has 4 aromatic carbocycles. The molecule has 0 fully saturated rings. The van der Waals surface area contributed by atoms with Crippen LogP contribution in [0, 0.1) is 6.92 Å². The summed E-state index contributed by atoms with van der Waals surface area (Å²) in [7, 11) is -2.68. The highest BCUT2D eigenvalue weighted by molar-refractivity contribution is 7.91. The minimum atomic E-state index is -4.14. The fraction of sp³-hybridized carbons (Fsp3) is 0.133. The molecule has 4 N–H and O–H groups in total. The summed E-state index contributed by atoms with van der Waals surface area (Å²) in [6, 6.07) is 25.7. The molecule has 4 rings (SSSR count). The molecule has 0 aliphatic rings. The first-order valence-corrected chi connectivity index (χ1v) is 13.7. The average molecular weight is 544 g/mol. The second kappa shape index (κ2) is 11.9. The predicted octanol–water partition coefficient (Wildman–Crippen LogP) is 4.60. The summed E-state index contributed by atoms with van der Waals surface area (Å²) in [5.74, 6) is -0.909. The number of nitrogens with two attached hydrogens (primary N) is 1. The first-order chi connectivity index (χ1) is 18.7. The quantitative estimate of drug-likeness (QED) is 0.283. The Morgan fingerprint density at radius 1 is 0.821 bits per heavy atom. The number of carbonyl (C=O) groups is 2. The molecule has 8 nitrogen and oxygen atoms in total. The second-order valence-electron chi connectivity index (χ2n) is 8.94. The van der Waals surface area contributed by atoms with Gasteiger partial charge in [0.2, 0.25) is 15.7 Å². The van der Waals surface area contributed by atoms with Crippen LogP contribution >= 0.6 is 0 Å². The Kier molecular flexibility index (Phi) is 8.43. The van der Waals surface area contributed by atoms with Gasteiger partial charge in [-0.3, -0.25) is 9.59 Å². The Balaban J connectivity index is 1.75. The smallest absolute Gasteiger partial charge is 0.259 e. The third kappa shape index (κ3) is 6.34. The van der Waals surface area contributed by atoms with Crippen molar-refractivity contribution in [3.05, 3.63) is 114 Å². The molecule has 0 radical (unpaired) electrons. The Labute approximate surface area is 227 Å². The van der Waals surface area contributed by atoms with Gasteiger partial charge in [-0.05, 0) is 55.3 Å². The number of anilines is 2. The number of aryl methyl sites for hydroxylation is 1. The molecule has 0 heterocycles. The number of ether oxygens (including phenoxy) is 1. The van der Waals surface area contributed by atoms with Crippen LogP contribution in [0.5, 0.6) is 5.75 Å². The largest absolute Gasteiger partial charge is 0.495 e. The van der Waals surface area contributed by atoms with Crippen LogP contribution in [0.25, 0.3) is 0 Å². The van der Waals surface area contributed by atoms with Crippen molar-refractivity contribution in [2.45, 2.75) is 29.2 Å². The molecule has 0 aromatic heterocycles. The van der Waals surface area contributed by atoms with Crippen molar-refractivity contribution in [3.63, 3.8) is 0 Å². The molecule has 1 atom stereocenters. The number of amides is 2. The molecule has 39 heavy (non-hydrogen) atoms. The summed E-state index contributed by atoms with van der Waals surface area (Å²) in [6.45, 7) is 1.84. The molecule has 2 amide bonds. The molecule has 200 valence electrons. The highest BCUT2D eigenvalue weighted by Gasteiger charge is 2.29. The van der Waals surface area contributed by atoms with E-state index in [4.69, 9.17) is 10.5 Å². The number of sulfone groups is 1. The van der Waals surface area contributed by atoms with E-state index in [1.54, 1.807) is 36.4 Å². The zero-order chi connectivity index (χ0) is 28.0.